The molecule has 0 radical (unpaired) electrons. The lowest BCUT2D eigenvalue weighted by atomic mass is 9.85. The van der Waals surface area contributed by atoms with Gasteiger partial charge in [0.1, 0.15) is 11.2 Å². The van der Waals surface area contributed by atoms with Gasteiger partial charge < -0.3 is 4.42 Å². The van der Waals surface area contributed by atoms with Crippen molar-refractivity contribution in [1.82, 2.24) is 0 Å². The van der Waals surface area contributed by atoms with Crippen LogP contribution in [0.25, 0.3) is 108 Å². The van der Waals surface area contributed by atoms with Gasteiger partial charge in [-0.3, -0.25) is 0 Å². The Morgan fingerprint density at radius 1 is 0.404 bits per heavy atom. The molecule has 0 unspecified atom stereocenters. The summed E-state index contributed by atoms with van der Waals surface area (Å²) >= 11 is 1.80. The van der Waals surface area contributed by atoms with Crippen LogP contribution in [0, 0.1) is 0 Å². The summed E-state index contributed by atoms with van der Waals surface area (Å²) in [5, 5.41) is 9.35. The molecule has 0 spiro atoms. The number of hydrogen-bond donors (Lipinski definition) is 0. The van der Waals surface area contributed by atoms with Gasteiger partial charge in [0.15, 0.2) is 0 Å². The normalized spacial score (nSPS) is 13.2. The Balaban J connectivity index is 1.11. The molecule has 0 amide bonds. The highest BCUT2D eigenvalue weighted by Gasteiger charge is 2.20. The van der Waals surface area contributed by atoms with Crippen molar-refractivity contribution >= 4 is 75.7 Å². The molecule has 2 aromatic heterocycles. The number of hydrogen-bond acceptors (Lipinski definition) is 2. The number of rotatable bonds is 4. The first-order chi connectivity index (χ1) is 27.9. The minimum absolute atomic E-state index is 0.208. The highest BCUT2D eigenvalue weighted by atomic mass is 32.1. The minimum atomic E-state index is -0.398. The van der Waals surface area contributed by atoms with Gasteiger partial charge in [-0.2, -0.15) is 0 Å². The van der Waals surface area contributed by atoms with E-state index in [0.717, 1.165) is 65.7 Å². The van der Waals surface area contributed by atoms with Crippen LogP contribution in [-0.4, -0.2) is 0 Å². The lowest BCUT2D eigenvalue weighted by Gasteiger charge is -2.18. The van der Waals surface area contributed by atoms with Crippen LogP contribution in [0.15, 0.2) is 186 Å². The zero-order chi connectivity index (χ0) is 38.5. The molecular formula is C50H30OS. The largest absolute Gasteiger partial charge is 0.456 e. The third-order valence-corrected chi connectivity index (χ3v) is 11.6. The molecule has 2 heteroatoms. The van der Waals surface area contributed by atoms with Crippen molar-refractivity contribution in [2.75, 3.05) is 0 Å². The van der Waals surface area contributed by atoms with E-state index in [1.807, 2.05) is 36.4 Å². The van der Waals surface area contributed by atoms with Crippen LogP contribution in [0.4, 0.5) is 0 Å². The van der Waals surface area contributed by atoms with Gasteiger partial charge in [-0.1, -0.05) is 152 Å². The molecule has 0 fully saturated rings. The second kappa shape index (κ2) is 11.5. The summed E-state index contributed by atoms with van der Waals surface area (Å²) in [7, 11) is 0. The summed E-state index contributed by atoms with van der Waals surface area (Å²) in [5.41, 5.74) is 8.10. The molecule has 0 aliphatic rings. The lowest BCUT2D eigenvalue weighted by molar-refractivity contribution is 0.669. The first-order valence-electron chi connectivity index (χ1n) is 19.8. The number of thiophene rings is 1. The average Bonchev–Trinajstić information content (AvgIpc) is 3.84. The molecular weight excluding hydrogens is 649 g/mol. The third kappa shape index (κ3) is 4.41. The zero-order valence-electron chi connectivity index (χ0n) is 32.8. The van der Waals surface area contributed by atoms with Gasteiger partial charge in [-0.05, 0) is 96.0 Å². The average molecular weight is 684 g/mol. The van der Waals surface area contributed by atoms with Crippen molar-refractivity contribution in [2.24, 2.45) is 0 Å². The van der Waals surface area contributed by atoms with E-state index in [9.17, 15) is 0 Å². The molecule has 1 nitrogen and oxygen atoms in total. The predicted molar refractivity (Wildman–Crippen MR) is 223 cm³/mol. The van der Waals surface area contributed by atoms with Crippen molar-refractivity contribution in [3.8, 4) is 43.8 Å². The molecule has 0 N–H and O–H groups in total. The Labute approximate surface area is 311 Å². The summed E-state index contributed by atoms with van der Waals surface area (Å²) in [6.07, 6.45) is 0. The van der Waals surface area contributed by atoms with Crippen LogP contribution in [0.3, 0.4) is 0 Å². The van der Waals surface area contributed by atoms with Crippen molar-refractivity contribution in [3.63, 3.8) is 0 Å². The Morgan fingerprint density at radius 3 is 1.63 bits per heavy atom. The second-order valence-electron chi connectivity index (χ2n) is 13.2. The third-order valence-electron chi connectivity index (χ3n) is 10.4. The molecule has 11 aromatic rings. The number of fused-ring (bicyclic) bond motifs is 8. The molecule has 0 aliphatic heterocycles. The molecule has 0 saturated carbocycles. The van der Waals surface area contributed by atoms with E-state index in [1.54, 1.807) is 11.3 Å². The summed E-state index contributed by atoms with van der Waals surface area (Å²) in [6.45, 7) is 0. The van der Waals surface area contributed by atoms with E-state index < -0.39 is 6.04 Å². The summed E-state index contributed by atoms with van der Waals surface area (Å²) in [5.74, 6) is 0. The maximum Gasteiger partial charge on any atom is 0.136 e. The van der Waals surface area contributed by atoms with E-state index in [0.29, 0.717) is 5.56 Å². The molecule has 0 bridgehead atoms. The van der Waals surface area contributed by atoms with Crippen LogP contribution < -0.4 is 0 Å². The van der Waals surface area contributed by atoms with E-state index in [-0.39, 0.29) is 29.7 Å². The second-order valence-corrected chi connectivity index (χ2v) is 14.2. The number of benzene rings is 9. The van der Waals surface area contributed by atoms with E-state index in [2.05, 4.69) is 115 Å². The van der Waals surface area contributed by atoms with Gasteiger partial charge in [0.25, 0.3) is 0 Å². The lowest BCUT2D eigenvalue weighted by Crippen LogP contribution is -1.90. The quantitative estimate of drug-likeness (QED) is 0.168. The van der Waals surface area contributed by atoms with Crippen molar-refractivity contribution in [2.45, 2.75) is 0 Å². The molecule has 9 aromatic carbocycles. The monoisotopic (exact) mass is 683 g/mol. The Bertz CT molecular complexity index is 3380. The van der Waals surface area contributed by atoms with Crippen LogP contribution in [0.1, 0.15) is 6.85 Å². The standard InChI is InChI=1S/C50H30OS/c1-2-13-32(14-3-1)46-37-16-6-8-18-39(37)47(40-19-9-7-17-38(40)46)33-22-24-34(25-23-33)48-41-20-10-11-21-45(41)52-50(48)35-27-28-43-42(30-35)49-36-15-5-4-12-31(36)26-29-44(49)51-43/h1-30H/i1D,2D,3D,13D,14D. The van der Waals surface area contributed by atoms with Gasteiger partial charge in [0, 0.05) is 31.3 Å². The molecule has 2 heterocycles. The van der Waals surface area contributed by atoms with Crippen molar-refractivity contribution in [1.29, 1.82) is 0 Å². The Hall–Kier alpha value is -6.48. The Kier molecular flexibility index (Phi) is 5.46. The molecule has 0 aliphatic carbocycles. The van der Waals surface area contributed by atoms with Gasteiger partial charge in [-0.25, -0.2) is 0 Å². The molecule has 0 saturated heterocycles. The highest BCUT2D eigenvalue weighted by Crippen LogP contribution is 2.48. The fraction of sp³-hybridized carbons (Fsp3) is 0. The fourth-order valence-corrected chi connectivity index (χ4v) is 9.33. The molecule has 11 rings (SSSR count). The topological polar surface area (TPSA) is 13.1 Å². The highest BCUT2D eigenvalue weighted by molar-refractivity contribution is 7.23. The van der Waals surface area contributed by atoms with E-state index in [1.165, 1.54) is 31.3 Å². The van der Waals surface area contributed by atoms with Crippen LogP contribution in [0.2, 0.25) is 0 Å². The smallest absolute Gasteiger partial charge is 0.136 e. The van der Waals surface area contributed by atoms with Gasteiger partial charge in [0.2, 0.25) is 0 Å². The molecule has 242 valence electrons. The van der Waals surface area contributed by atoms with Crippen LogP contribution in [0.5, 0.6) is 0 Å². The zero-order valence-corrected chi connectivity index (χ0v) is 28.6. The maximum absolute atomic E-state index is 8.89. The number of furan rings is 1. The SMILES string of the molecule is [2H]c1c([2H])c([2H])c(-c2c3ccccc3c(-c3ccc(-c4c(-c5ccc6oc7ccc8ccccc8c7c6c5)sc5ccccc45)cc3)c3ccccc23)c([2H])c1[2H]. The first kappa shape index (κ1) is 24.6. The minimum Gasteiger partial charge on any atom is -0.456 e. The van der Waals surface area contributed by atoms with Crippen molar-refractivity contribution < 1.29 is 11.3 Å². The van der Waals surface area contributed by atoms with Crippen LogP contribution >= 0.6 is 11.3 Å². The van der Waals surface area contributed by atoms with E-state index >= 15 is 0 Å². The molecule has 52 heavy (non-hydrogen) atoms. The summed E-state index contributed by atoms with van der Waals surface area (Å²) < 4.78 is 50.5. The van der Waals surface area contributed by atoms with E-state index in [4.69, 9.17) is 11.3 Å². The molecule has 0 atom stereocenters. The Morgan fingerprint density at radius 2 is 0.942 bits per heavy atom. The first-order valence-corrected chi connectivity index (χ1v) is 18.2. The summed E-state index contributed by atoms with van der Waals surface area (Å²) in [4.78, 5) is 1.19. The maximum atomic E-state index is 8.89. The van der Waals surface area contributed by atoms with Gasteiger partial charge in [0.05, 0.1) is 6.85 Å². The summed E-state index contributed by atoms with van der Waals surface area (Å²) in [6, 6.07) is 51.1. The van der Waals surface area contributed by atoms with Gasteiger partial charge in [-0.15, -0.1) is 11.3 Å². The fourth-order valence-electron chi connectivity index (χ4n) is 8.11. The van der Waals surface area contributed by atoms with Crippen LogP contribution in [-0.2, 0) is 0 Å². The van der Waals surface area contributed by atoms with Crippen molar-refractivity contribution in [3.05, 3.63) is 182 Å². The predicted octanol–water partition coefficient (Wildman–Crippen LogP) is 14.9. The van der Waals surface area contributed by atoms with Gasteiger partial charge >= 0.3 is 0 Å².